The van der Waals surface area contributed by atoms with E-state index >= 15 is 0 Å². The topological polar surface area (TPSA) is 131 Å². The van der Waals surface area contributed by atoms with E-state index in [9.17, 15) is 19.7 Å². The van der Waals surface area contributed by atoms with E-state index in [1.165, 1.54) is 41.3 Å². The second kappa shape index (κ2) is 14.8. The molecule has 0 aliphatic carbocycles. The van der Waals surface area contributed by atoms with Gasteiger partial charge in [-0.25, -0.2) is 9.79 Å². The fraction of sp³-hybridized carbons (Fsp3) is 0.219. The Balaban J connectivity index is 1.60. The molecule has 1 aliphatic rings. The molecule has 14 heteroatoms. The number of hydrogen-bond donors (Lipinski definition) is 0. The molecule has 0 saturated heterocycles. The quantitative estimate of drug-likeness (QED) is 0.0836. The van der Waals surface area contributed by atoms with Gasteiger partial charge in [0.1, 0.15) is 12.4 Å². The van der Waals surface area contributed by atoms with Crippen molar-refractivity contribution in [2.45, 2.75) is 26.5 Å². The van der Waals surface area contributed by atoms with Gasteiger partial charge in [0.15, 0.2) is 16.3 Å². The van der Waals surface area contributed by atoms with Crippen LogP contribution in [0.15, 0.2) is 76.2 Å². The third-order valence-corrected chi connectivity index (χ3v) is 9.28. The molecular weight excluding hydrogens is 840 g/mol. The second-order valence-electron chi connectivity index (χ2n) is 9.77. The molecule has 0 fully saturated rings. The molecule has 0 spiro atoms. The number of hydrogen-bond acceptors (Lipinski definition) is 10. The molecule has 0 unspecified atom stereocenters. The first-order valence-electron chi connectivity index (χ1n) is 14.0. The number of ether oxygens (including phenoxy) is 4. The summed E-state index contributed by atoms with van der Waals surface area (Å²) in [4.78, 5) is 42.5. The molecule has 4 aromatic rings. The lowest BCUT2D eigenvalue weighted by molar-refractivity contribution is -0.384. The van der Waals surface area contributed by atoms with Gasteiger partial charge in [-0.05, 0) is 113 Å². The Bertz CT molecular complexity index is 2020. The Morgan fingerprint density at radius 3 is 2.43 bits per heavy atom. The third-order valence-electron chi connectivity index (χ3n) is 6.86. The van der Waals surface area contributed by atoms with Crippen LogP contribution in [0.1, 0.15) is 36.6 Å². The van der Waals surface area contributed by atoms with E-state index in [1.807, 2.05) is 26.0 Å². The van der Waals surface area contributed by atoms with Crippen LogP contribution in [0, 0.1) is 17.3 Å². The van der Waals surface area contributed by atoms with Crippen LogP contribution in [0.25, 0.3) is 6.08 Å². The molecule has 46 heavy (non-hydrogen) atoms. The van der Waals surface area contributed by atoms with Crippen molar-refractivity contribution in [1.29, 1.82) is 0 Å². The molecule has 0 saturated carbocycles. The maximum atomic E-state index is 14.1. The molecule has 1 atom stereocenters. The monoisotopic (exact) mass is 867 g/mol. The van der Waals surface area contributed by atoms with Gasteiger partial charge in [-0.15, -0.1) is 0 Å². The van der Waals surface area contributed by atoms with Crippen molar-refractivity contribution in [2.24, 2.45) is 4.99 Å². The highest BCUT2D eigenvalue weighted by Crippen LogP contribution is 2.35. The normalized spacial score (nSPS) is 14.2. The molecular formula is C32H27I2N3O8S. The Kier molecular flexibility index (Phi) is 10.8. The van der Waals surface area contributed by atoms with Gasteiger partial charge in [0.2, 0.25) is 0 Å². The molecule has 3 aromatic carbocycles. The van der Waals surface area contributed by atoms with Crippen molar-refractivity contribution >= 4 is 74.3 Å². The zero-order chi connectivity index (χ0) is 33.0. The van der Waals surface area contributed by atoms with Gasteiger partial charge in [0.05, 0.1) is 45.0 Å². The average molecular weight is 867 g/mol. The highest BCUT2D eigenvalue weighted by Gasteiger charge is 2.31. The van der Waals surface area contributed by atoms with Crippen LogP contribution in [-0.2, 0) is 16.1 Å². The number of fused-ring (bicyclic) bond motifs is 1. The lowest BCUT2D eigenvalue weighted by Crippen LogP contribution is -2.39. The minimum absolute atomic E-state index is 0.00308. The van der Waals surface area contributed by atoms with Crippen LogP contribution in [-0.4, -0.2) is 35.8 Å². The Morgan fingerprint density at radius 2 is 1.76 bits per heavy atom. The lowest BCUT2D eigenvalue weighted by atomic mass is 9.97. The van der Waals surface area contributed by atoms with E-state index < -0.39 is 16.9 Å². The van der Waals surface area contributed by atoms with Gasteiger partial charge < -0.3 is 18.9 Å². The number of nitro groups is 1. The highest BCUT2D eigenvalue weighted by molar-refractivity contribution is 14.1. The van der Waals surface area contributed by atoms with Crippen molar-refractivity contribution in [2.75, 3.05) is 20.3 Å². The van der Waals surface area contributed by atoms with Crippen LogP contribution in [0.3, 0.4) is 0 Å². The van der Waals surface area contributed by atoms with Gasteiger partial charge in [0.25, 0.3) is 11.2 Å². The standard InChI is InChI=1S/C32H27I2N3O8S/c1-4-43-25-11-8-19(13-26(25)44-5-2)28-23(31(39)42-3)16-35-32-36(28)30(38)27(46-32)14-20-12-21(33)15-24(34)29(20)45-17-18-6-9-22(10-7-18)37(40)41/h6-16,28H,4-5,17H2,1-3H3/b27-14+/t28-/m0/s1. The highest BCUT2D eigenvalue weighted by atomic mass is 127. The first-order valence-corrected chi connectivity index (χ1v) is 17.0. The molecule has 0 amide bonds. The maximum Gasteiger partial charge on any atom is 0.337 e. The molecule has 0 bridgehead atoms. The van der Waals surface area contributed by atoms with Gasteiger partial charge in [-0.2, -0.15) is 0 Å². The molecule has 11 nitrogen and oxygen atoms in total. The summed E-state index contributed by atoms with van der Waals surface area (Å²) >= 11 is 5.58. The second-order valence-corrected chi connectivity index (χ2v) is 13.2. The van der Waals surface area contributed by atoms with E-state index in [0.29, 0.717) is 50.9 Å². The van der Waals surface area contributed by atoms with Crippen LogP contribution in [0.5, 0.6) is 17.2 Å². The van der Waals surface area contributed by atoms with E-state index in [-0.39, 0.29) is 23.4 Å². The third kappa shape index (κ3) is 7.12. The number of halogens is 2. The summed E-state index contributed by atoms with van der Waals surface area (Å²) in [5.74, 6) is 1.00. The summed E-state index contributed by atoms with van der Waals surface area (Å²) in [6.07, 6.45) is 3.19. The Labute approximate surface area is 294 Å². The Hall–Kier alpha value is -3.77. The fourth-order valence-electron chi connectivity index (χ4n) is 4.84. The number of non-ortho nitro benzene ring substituents is 1. The number of nitro benzene ring substituents is 1. The maximum absolute atomic E-state index is 14.1. The number of esters is 1. The van der Waals surface area contributed by atoms with Gasteiger partial charge in [-0.3, -0.25) is 19.5 Å². The summed E-state index contributed by atoms with van der Waals surface area (Å²) in [6.45, 7) is 4.75. The largest absolute Gasteiger partial charge is 0.490 e. The summed E-state index contributed by atoms with van der Waals surface area (Å²) in [5, 5.41) is 11.0. The van der Waals surface area contributed by atoms with E-state index in [0.717, 1.165) is 12.7 Å². The van der Waals surface area contributed by atoms with Gasteiger partial charge >= 0.3 is 5.97 Å². The molecule has 5 rings (SSSR count). The smallest absolute Gasteiger partial charge is 0.337 e. The SMILES string of the molecule is CCOc1ccc([C@H]2C(C(=O)OC)=CN=c3s/c(=C/c4cc(I)cc(I)c4OCc4ccc([N+](=O)[O-])cc4)c(=O)n32)cc1OCC. The summed E-state index contributed by atoms with van der Waals surface area (Å²) in [6, 6.07) is 14.5. The van der Waals surface area contributed by atoms with Gasteiger partial charge in [0, 0.05) is 27.5 Å². The average Bonchev–Trinajstić information content (AvgIpc) is 3.35. The first-order chi connectivity index (χ1) is 22.1. The molecule has 238 valence electrons. The minimum atomic E-state index is -0.824. The number of carbonyl (C=O) groups is 1. The van der Waals surface area contributed by atoms with Crippen LogP contribution < -0.4 is 29.1 Å². The summed E-state index contributed by atoms with van der Waals surface area (Å²) in [5.41, 5.74) is 1.90. The van der Waals surface area contributed by atoms with Crippen molar-refractivity contribution in [1.82, 2.24) is 4.57 Å². The minimum Gasteiger partial charge on any atom is -0.490 e. The number of aromatic nitrogens is 1. The first kappa shape index (κ1) is 33.6. The Morgan fingerprint density at radius 1 is 1.04 bits per heavy atom. The van der Waals surface area contributed by atoms with Crippen molar-refractivity contribution in [3.05, 3.63) is 120 Å². The summed E-state index contributed by atoms with van der Waals surface area (Å²) in [7, 11) is 1.28. The van der Waals surface area contributed by atoms with Crippen molar-refractivity contribution < 1.29 is 28.7 Å². The predicted molar refractivity (Wildman–Crippen MR) is 189 cm³/mol. The number of nitrogens with zero attached hydrogens (tertiary/aromatic N) is 3. The van der Waals surface area contributed by atoms with Gasteiger partial charge in [-0.1, -0.05) is 17.4 Å². The van der Waals surface area contributed by atoms with Crippen molar-refractivity contribution in [3.8, 4) is 17.2 Å². The van der Waals surface area contributed by atoms with E-state index in [4.69, 9.17) is 18.9 Å². The predicted octanol–water partition coefficient (Wildman–Crippen LogP) is 5.51. The number of methoxy groups -OCH3 is 1. The zero-order valence-electron chi connectivity index (χ0n) is 24.8. The molecule has 1 aliphatic heterocycles. The molecule has 0 N–H and O–H groups in total. The van der Waals surface area contributed by atoms with E-state index in [1.54, 1.807) is 36.4 Å². The van der Waals surface area contributed by atoms with Crippen molar-refractivity contribution in [3.63, 3.8) is 0 Å². The molecule has 0 radical (unpaired) electrons. The zero-order valence-corrected chi connectivity index (χ0v) is 30.0. The van der Waals surface area contributed by atoms with Crippen LogP contribution in [0.4, 0.5) is 5.69 Å². The molecule has 1 aromatic heterocycles. The number of carbonyl (C=O) groups excluding carboxylic acids is 1. The number of thiazole rings is 1. The lowest BCUT2D eigenvalue weighted by Gasteiger charge is -2.23. The number of rotatable bonds is 11. The number of benzene rings is 3. The summed E-state index contributed by atoms with van der Waals surface area (Å²) < 4.78 is 26.5. The van der Waals surface area contributed by atoms with Crippen LogP contribution >= 0.6 is 56.5 Å². The fourth-order valence-corrected chi connectivity index (χ4v) is 7.84. The molecule has 2 heterocycles. The van der Waals surface area contributed by atoms with E-state index in [2.05, 4.69) is 50.2 Å². The van der Waals surface area contributed by atoms with Crippen LogP contribution in [0.2, 0.25) is 0 Å².